The lowest BCUT2D eigenvalue weighted by Gasteiger charge is -2.34. The molecule has 0 aromatic heterocycles. The minimum Gasteiger partial charge on any atom is -0.328 e. The number of nitrogens with two attached hydrogens (primary N) is 1. The van der Waals surface area contributed by atoms with Crippen LogP contribution in [0.1, 0.15) is 24.3 Å². The number of hydrogen-bond acceptors (Lipinski definition) is 3. The highest BCUT2D eigenvalue weighted by Crippen LogP contribution is 2.41. The lowest BCUT2D eigenvalue weighted by Crippen LogP contribution is -2.35. The third kappa shape index (κ3) is 1.85. The first-order chi connectivity index (χ1) is 8.15. The number of rotatable bonds is 1. The summed E-state index contributed by atoms with van der Waals surface area (Å²) in [5, 5.41) is 0. The number of nitrogens with zero attached hydrogens (tertiary/aromatic N) is 1. The van der Waals surface area contributed by atoms with Gasteiger partial charge in [-0.05, 0) is 36.5 Å². The van der Waals surface area contributed by atoms with Crippen LogP contribution < -0.4 is 10.6 Å². The average molecular weight is 248 g/mol. The van der Waals surface area contributed by atoms with Crippen molar-refractivity contribution >= 4 is 23.4 Å². The van der Waals surface area contributed by atoms with Crippen molar-refractivity contribution in [3.8, 4) is 0 Å². The topological polar surface area (TPSA) is 46.3 Å². The predicted octanol–water partition coefficient (Wildman–Crippen LogP) is 1.96. The van der Waals surface area contributed by atoms with Crippen LogP contribution in [-0.4, -0.2) is 24.7 Å². The van der Waals surface area contributed by atoms with Gasteiger partial charge >= 0.3 is 0 Å². The van der Waals surface area contributed by atoms with Crippen LogP contribution in [0.4, 0.5) is 5.69 Å². The fraction of sp³-hybridized carbons (Fsp3) is 0.462. The van der Waals surface area contributed by atoms with E-state index < -0.39 is 0 Å². The number of carbonyl (C=O) groups is 1. The zero-order valence-corrected chi connectivity index (χ0v) is 10.7. The van der Waals surface area contributed by atoms with E-state index in [2.05, 4.69) is 18.2 Å². The monoisotopic (exact) mass is 248 g/mol. The Kier molecular flexibility index (Phi) is 2.64. The van der Waals surface area contributed by atoms with Gasteiger partial charge in [0.15, 0.2) is 0 Å². The van der Waals surface area contributed by atoms with Crippen LogP contribution in [0.25, 0.3) is 0 Å². The van der Waals surface area contributed by atoms with Crippen molar-refractivity contribution in [1.82, 2.24) is 0 Å². The molecule has 1 heterocycles. The van der Waals surface area contributed by atoms with E-state index in [0.29, 0.717) is 17.7 Å². The van der Waals surface area contributed by atoms with E-state index in [1.165, 1.54) is 10.5 Å². The van der Waals surface area contributed by atoms with Gasteiger partial charge in [-0.25, -0.2) is 0 Å². The third-order valence-electron chi connectivity index (χ3n) is 3.72. The second-order valence-corrected chi connectivity index (χ2v) is 5.91. The first-order valence-electron chi connectivity index (χ1n) is 5.94. The Bertz CT molecular complexity index is 468. The minimum absolute atomic E-state index is 0.181. The summed E-state index contributed by atoms with van der Waals surface area (Å²) < 4.78 is 0. The Morgan fingerprint density at radius 3 is 2.88 bits per heavy atom. The zero-order valence-electron chi connectivity index (χ0n) is 9.85. The molecule has 4 heteroatoms. The molecule has 1 aromatic carbocycles. The molecule has 17 heavy (non-hydrogen) atoms. The number of carbonyl (C=O) groups excluding carboxylic acids is 1. The summed E-state index contributed by atoms with van der Waals surface area (Å²) in [4.78, 5) is 14.6. The molecule has 1 aromatic rings. The van der Waals surface area contributed by atoms with Gasteiger partial charge in [0.25, 0.3) is 0 Å². The maximum atomic E-state index is 11.6. The van der Waals surface area contributed by atoms with Crippen LogP contribution in [-0.2, 0) is 4.79 Å². The second-order valence-electron chi connectivity index (χ2n) is 4.90. The van der Waals surface area contributed by atoms with E-state index in [9.17, 15) is 4.79 Å². The molecule has 3 rings (SSSR count). The van der Waals surface area contributed by atoms with E-state index in [1.807, 2.05) is 7.05 Å². The van der Waals surface area contributed by atoms with Crippen molar-refractivity contribution < 1.29 is 4.79 Å². The molecule has 1 amide bonds. The summed E-state index contributed by atoms with van der Waals surface area (Å²) in [6.45, 7) is 0. The van der Waals surface area contributed by atoms with Crippen LogP contribution >= 0.6 is 11.8 Å². The molecular weight excluding hydrogens is 232 g/mol. The van der Waals surface area contributed by atoms with E-state index >= 15 is 0 Å². The molecule has 1 saturated carbocycles. The fourth-order valence-electron chi connectivity index (χ4n) is 2.48. The molecule has 1 aliphatic heterocycles. The molecule has 2 N–H and O–H groups in total. The van der Waals surface area contributed by atoms with Crippen molar-refractivity contribution in [1.29, 1.82) is 0 Å². The Hall–Kier alpha value is -1.00. The standard InChI is InChI=1S/C13H16N2OS/c1-15-11-3-2-8(9-4-10(14)5-9)6-12(11)17-7-13(15)16/h2-3,6,9-10H,4-5,7,14H2,1H3. The van der Waals surface area contributed by atoms with Gasteiger partial charge in [0, 0.05) is 18.0 Å². The number of thioether (sulfide) groups is 1. The maximum absolute atomic E-state index is 11.6. The Morgan fingerprint density at radius 1 is 1.41 bits per heavy atom. The summed E-state index contributed by atoms with van der Waals surface area (Å²) in [7, 11) is 1.85. The molecule has 0 spiro atoms. The van der Waals surface area contributed by atoms with E-state index in [-0.39, 0.29) is 5.91 Å². The largest absolute Gasteiger partial charge is 0.328 e. The second kappa shape index (κ2) is 4.03. The lowest BCUT2D eigenvalue weighted by molar-refractivity contribution is -0.116. The first kappa shape index (κ1) is 11.1. The summed E-state index contributed by atoms with van der Waals surface area (Å²) in [6.07, 6.45) is 2.19. The Balaban J connectivity index is 1.89. The first-order valence-corrected chi connectivity index (χ1v) is 6.92. The smallest absolute Gasteiger partial charge is 0.237 e. The fourth-order valence-corrected chi connectivity index (χ4v) is 3.53. The highest BCUT2D eigenvalue weighted by molar-refractivity contribution is 8.00. The van der Waals surface area contributed by atoms with Gasteiger partial charge in [-0.2, -0.15) is 0 Å². The molecule has 90 valence electrons. The van der Waals surface area contributed by atoms with Crippen molar-refractivity contribution in [2.75, 3.05) is 17.7 Å². The zero-order chi connectivity index (χ0) is 12.0. The highest BCUT2D eigenvalue weighted by Gasteiger charge is 2.29. The molecule has 0 atom stereocenters. The highest BCUT2D eigenvalue weighted by atomic mass is 32.2. The van der Waals surface area contributed by atoms with Gasteiger partial charge in [-0.15, -0.1) is 11.8 Å². The number of anilines is 1. The summed E-state index contributed by atoms with van der Waals surface area (Å²) in [5.41, 5.74) is 8.24. The van der Waals surface area contributed by atoms with Crippen molar-refractivity contribution in [3.63, 3.8) is 0 Å². The quantitative estimate of drug-likeness (QED) is 0.826. The van der Waals surface area contributed by atoms with Crippen LogP contribution in [0, 0.1) is 0 Å². The van der Waals surface area contributed by atoms with Crippen LogP contribution in [0.2, 0.25) is 0 Å². The van der Waals surface area contributed by atoms with Gasteiger partial charge in [-0.3, -0.25) is 4.79 Å². The lowest BCUT2D eigenvalue weighted by atomic mass is 9.76. The van der Waals surface area contributed by atoms with Crippen LogP contribution in [0.3, 0.4) is 0 Å². The Labute approximate surface area is 105 Å². The van der Waals surface area contributed by atoms with Gasteiger partial charge < -0.3 is 10.6 Å². The molecule has 2 aliphatic rings. The predicted molar refractivity (Wildman–Crippen MR) is 70.5 cm³/mol. The minimum atomic E-state index is 0.181. The van der Waals surface area contributed by atoms with Crippen molar-refractivity contribution in [3.05, 3.63) is 23.8 Å². The third-order valence-corrected chi connectivity index (χ3v) is 4.75. The number of amides is 1. The van der Waals surface area contributed by atoms with E-state index in [0.717, 1.165) is 18.5 Å². The molecule has 1 fully saturated rings. The van der Waals surface area contributed by atoms with E-state index in [4.69, 9.17) is 5.73 Å². The van der Waals surface area contributed by atoms with E-state index in [1.54, 1.807) is 16.7 Å². The summed E-state index contributed by atoms with van der Waals surface area (Å²) in [6, 6.07) is 6.83. The van der Waals surface area contributed by atoms with Crippen molar-refractivity contribution in [2.24, 2.45) is 5.73 Å². The average Bonchev–Trinajstić information content (AvgIpc) is 2.30. The molecule has 0 unspecified atom stereocenters. The molecule has 3 nitrogen and oxygen atoms in total. The van der Waals surface area contributed by atoms with Crippen LogP contribution in [0.15, 0.2) is 23.1 Å². The SMILES string of the molecule is CN1C(=O)CSc2cc(C3CC(N)C3)ccc21. The number of fused-ring (bicyclic) bond motifs is 1. The van der Waals surface area contributed by atoms with Crippen molar-refractivity contribution in [2.45, 2.75) is 29.7 Å². The molecule has 1 aliphatic carbocycles. The number of benzene rings is 1. The molecule has 0 bridgehead atoms. The van der Waals surface area contributed by atoms with Gasteiger partial charge in [0.05, 0.1) is 11.4 Å². The molecule has 0 radical (unpaired) electrons. The normalized spacial score (nSPS) is 27.6. The molecule has 0 saturated heterocycles. The summed E-state index contributed by atoms with van der Waals surface area (Å²) >= 11 is 1.65. The molecular formula is C13H16N2OS. The number of hydrogen-bond donors (Lipinski definition) is 1. The van der Waals surface area contributed by atoms with Gasteiger partial charge in [-0.1, -0.05) is 6.07 Å². The summed E-state index contributed by atoms with van der Waals surface area (Å²) in [5.74, 6) is 1.36. The van der Waals surface area contributed by atoms with Gasteiger partial charge in [0.1, 0.15) is 0 Å². The maximum Gasteiger partial charge on any atom is 0.237 e. The van der Waals surface area contributed by atoms with Gasteiger partial charge in [0.2, 0.25) is 5.91 Å². The van der Waals surface area contributed by atoms with Crippen LogP contribution in [0.5, 0.6) is 0 Å². The Morgan fingerprint density at radius 2 is 2.18 bits per heavy atom.